The molecule has 0 saturated carbocycles. The number of imide groups is 1. The Hall–Kier alpha value is -2.44. The molecule has 0 unspecified atom stereocenters. The van der Waals surface area contributed by atoms with Crippen LogP contribution in [-0.2, 0) is 9.59 Å². The quantitative estimate of drug-likeness (QED) is 0.662. The average Bonchev–Trinajstić information content (AvgIpc) is 2.99. The Morgan fingerprint density at radius 1 is 0.931 bits per heavy atom. The van der Waals surface area contributed by atoms with Crippen LogP contribution in [0.4, 0.5) is 5.69 Å². The smallest absolute Gasteiger partial charge is 0.282 e. The number of piperazine rings is 1. The molecule has 6 heteroatoms. The number of halogens is 1. The van der Waals surface area contributed by atoms with Crippen LogP contribution < -0.4 is 4.90 Å². The lowest BCUT2D eigenvalue weighted by Crippen LogP contribution is -2.47. The molecule has 2 aliphatic heterocycles. The van der Waals surface area contributed by atoms with E-state index in [-0.39, 0.29) is 11.8 Å². The Kier molecular flexibility index (Phi) is 5.56. The lowest BCUT2D eigenvalue weighted by molar-refractivity contribution is -0.120. The van der Waals surface area contributed by atoms with Crippen molar-refractivity contribution in [1.29, 1.82) is 0 Å². The van der Waals surface area contributed by atoms with Crippen LogP contribution in [0.1, 0.15) is 18.1 Å². The van der Waals surface area contributed by atoms with E-state index in [1.165, 1.54) is 4.90 Å². The number of rotatable bonds is 4. The summed E-state index contributed by atoms with van der Waals surface area (Å²) in [6, 6.07) is 15.1. The van der Waals surface area contributed by atoms with Crippen LogP contribution in [0.25, 0.3) is 5.57 Å². The van der Waals surface area contributed by atoms with Gasteiger partial charge in [0.1, 0.15) is 5.70 Å². The van der Waals surface area contributed by atoms with Crippen LogP contribution in [0.15, 0.2) is 58.7 Å². The molecular weight excluding hydrogens is 430 g/mol. The van der Waals surface area contributed by atoms with Crippen molar-refractivity contribution in [2.24, 2.45) is 0 Å². The Bertz CT molecular complexity index is 976. The molecule has 0 aliphatic carbocycles. The second-order valence-corrected chi connectivity index (χ2v) is 8.35. The van der Waals surface area contributed by atoms with Crippen LogP contribution in [-0.4, -0.2) is 54.3 Å². The first-order chi connectivity index (χ1) is 14.0. The number of benzene rings is 2. The molecule has 2 amide bonds. The molecule has 0 radical (unpaired) electrons. The first kappa shape index (κ1) is 19.9. The normalized spacial score (nSPS) is 18.2. The van der Waals surface area contributed by atoms with E-state index in [1.807, 2.05) is 43.3 Å². The molecular formula is C23H24BrN3O2. The van der Waals surface area contributed by atoms with Crippen molar-refractivity contribution in [2.45, 2.75) is 13.8 Å². The molecule has 4 rings (SSSR count). The fraction of sp³-hybridized carbons (Fsp3) is 0.304. The summed E-state index contributed by atoms with van der Waals surface area (Å²) in [6.07, 6.45) is 0. The topological polar surface area (TPSA) is 43.9 Å². The minimum Gasteiger partial charge on any atom is -0.364 e. The number of nitrogens with zero attached hydrogens (tertiary/aromatic N) is 3. The molecule has 0 bridgehead atoms. The van der Waals surface area contributed by atoms with Crippen molar-refractivity contribution < 1.29 is 9.59 Å². The highest BCUT2D eigenvalue weighted by atomic mass is 79.9. The maximum Gasteiger partial charge on any atom is 0.282 e. The lowest BCUT2D eigenvalue weighted by atomic mass is 10.0. The number of aryl methyl sites for hydroxylation is 1. The third-order valence-electron chi connectivity index (χ3n) is 5.60. The van der Waals surface area contributed by atoms with Crippen molar-refractivity contribution in [1.82, 2.24) is 9.80 Å². The highest BCUT2D eigenvalue weighted by Gasteiger charge is 2.43. The number of amides is 2. The van der Waals surface area contributed by atoms with Gasteiger partial charge >= 0.3 is 0 Å². The zero-order valence-corrected chi connectivity index (χ0v) is 18.3. The van der Waals surface area contributed by atoms with Crippen molar-refractivity contribution in [3.8, 4) is 0 Å². The standard InChI is InChI=1S/C23H24BrN3O2/c1-3-25-11-13-26(14-12-25)21-20(17-9-7-16(2)8-10-17)22(28)27(23(21)29)19-6-4-5-18(24)15-19/h4-10,15H,3,11-14H2,1-2H3. The van der Waals surface area contributed by atoms with E-state index in [0.717, 1.165) is 48.3 Å². The van der Waals surface area contributed by atoms with Gasteiger partial charge in [0.15, 0.2) is 0 Å². The number of hydrogen-bond donors (Lipinski definition) is 0. The van der Waals surface area contributed by atoms with Crippen molar-refractivity contribution >= 4 is 39.0 Å². The number of carbonyl (C=O) groups is 2. The summed E-state index contributed by atoms with van der Waals surface area (Å²) >= 11 is 3.44. The monoisotopic (exact) mass is 453 g/mol. The molecule has 5 nitrogen and oxygen atoms in total. The molecule has 0 atom stereocenters. The largest absolute Gasteiger partial charge is 0.364 e. The molecule has 29 heavy (non-hydrogen) atoms. The Morgan fingerprint density at radius 2 is 1.62 bits per heavy atom. The second kappa shape index (κ2) is 8.13. The number of anilines is 1. The molecule has 1 fully saturated rings. The predicted octanol–water partition coefficient (Wildman–Crippen LogP) is 3.68. The lowest BCUT2D eigenvalue weighted by Gasteiger charge is -2.36. The fourth-order valence-corrected chi connectivity index (χ4v) is 4.32. The van der Waals surface area contributed by atoms with E-state index in [2.05, 4.69) is 32.7 Å². The Morgan fingerprint density at radius 3 is 2.24 bits per heavy atom. The summed E-state index contributed by atoms with van der Waals surface area (Å²) < 4.78 is 0.831. The van der Waals surface area contributed by atoms with Gasteiger partial charge in [-0.1, -0.05) is 58.7 Å². The van der Waals surface area contributed by atoms with Gasteiger partial charge in [-0.15, -0.1) is 0 Å². The maximum absolute atomic E-state index is 13.5. The SMILES string of the molecule is CCN1CCN(C2=C(c3ccc(C)cc3)C(=O)N(c3cccc(Br)c3)C2=O)CC1. The number of likely N-dealkylation sites (N-methyl/N-ethyl adjacent to an activating group) is 1. The zero-order chi connectivity index (χ0) is 20.5. The van der Waals surface area contributed by atoms with E-state index in [4.69, 9.17) is 0 Å². The molecule has 0 aromatic heterocycles. The summed E-state index contributed by atoms with van der Waals surface area (Å²) in [5.74, 6) is -0.501. The van der Waals surface area contributed by atoms with Gasteiger partial charge in [-0.05, 0) is 37.2 Å². The van der Waals surface area contributed by atoms with Crippen LogP contribution in [0.2, 0.25) is 0 Å². The third-order valence-corrected chi connectivity index (χ3v) is 6.10. The summed E-state index contributed by atoms with van der Waals surface area (Å²) in [7, 11) is 0. The van der Waals surface area contributed by atoms with E-state index < -0.39 is 0 Å². The predicted molar refractivity (Wildman–Crippen MR) is 118 cm³/mol. The highest BCUT2D eigenvalue weighted by Crippen LogP contribution is 2.36. The molecule has 2 aromatic rings. The second-order valence-electron chi connectivity index (χ2n) is 7.44. The molecule has 2 aromatic carbocycles. The Labute approximate surface area is 179 Å². The van der Waals surface area contributed by atoms with Crippen molar-refractivity contribution in [3.05, 3.63) is 69.8 Å². The summed E-state index contributed by atoms with van der Waals surface area (Å²) in [5.41, 5.74) is 3.52. The molecule has 2 aliphatic rings. The highest BCUT2D eigenvalue weighted by molar-refractivity contribution is 9.10. The zero-order valence-electron chi connectivity index (χ0n) is 16.7. The van der Waals surface area contributed by atoms with Gasteiger partial charge in [-0.2, -0.15) is 0 Å². The maximum atomic E-state index is 13.5. The minimum absolute atomic E-state index is 0.242. The molecule has 1 saturated heterocycles. The molecule has 2 heterocycles. The van der Waals surface area contributed by atoms with E-state index in [9.17, 15) is 9.59 Å². The van der Waals surface area contributed by atoms with Crippen LogP contribution in [0, 0.1) is 6.92 Å². The molecule has 0 N–H and O–H groups in total. The van der Waals surface area contributed by atoms with Gasteiger partial charge < -0.3 is 9.80 Å². The fourth-order valence-electron chi connectivity index (χ4n) is 3.93. The Balaban J connectivity index is 1.78. The summed E-state index contributed by atoms with van der Waals surface area (Å²) in [6.45, 7) is 8.41. The van der Waals surface area contributed by atoms with Crippen LogP contribution >= 0.6 is 15.9 Å². The first-order valence-corrected chi connectivity index (χ1v) is 10.7. The van der Waals surface area contributed by atoms with Gasteiger partial charge in [-0.25, -0.2) is 4.90 Å². The minimum atomic E-state index is -0.259. The van der Waals surface area contributed by atoms with Gasteiger partial charge in [0.05, 0.1) is 11.3 Å². The van der Waals surface area contributed by atoms with E-state index in [0.29, 0.717) is 17.0 Å². The molecule has 0 spiro atoms. The average molecular weight is 454 g/mol. The van der Waals surface area contributed by atoms with Crippen LogP contribution in [0.5, 0.6) is 0 Å². The number of hydrogen-bond acceptors (Lipinski definition) is 4. The van der Waals surface area contributed by atoms with Gasteiger partial charge in [0.25, 0.3) is 11.8 Å². The molecule has 150 valence electrons. The summed E-state index contributed by atoms with van der Waals surface area (Å²) in [4.78, 5) is 32.7. The summed E-state index contributed by atoms with van der Waals surface area (Å²) in [5, 5.41) is 0. The van der Waals surface area contributed by atoms with Crippen molar-refractivity contribution in [2.75, 3.05) is 37.6 Å². The van der Waals surface area contributed by atoms with E-state index in [1.54, 1.807) is 12.1 Å². The van der Waals surface area contributed by atoms with Gasteiger partial charge in [0.2, 0.25) is 0 Å². The van der Waals surface area contributed by atoms with Gasteiger partial charge in [0, 0.05) is 30.7 Å². The number of carbonyl (C=O) groups excluding carboxylic acids is 2. The van der Waals surface area contributed by atoms with E-state index >= 15 is 0 Å². The third kappa shape index (κ3) is 3.74. The van der Waals surface area contributed by atoms with Crippen molar-refractivity contribution in [3.63, 3.8) is 0 Å². The first-order valence-electron chi connectivity index (χ1n) is 9.92. The van der Waals surface area contributed by atoms with Gasteiger partial charge in [-0.3, -0.25) is 9.59 Å². The van der Waals surface area contributed by atoms with Crippen LogP contribution in [0.3, 0.4) is 0 Å².